The standard InChI is InChI=1S/C33H43Cl2N3O4/c1-20(2)15-27(22-9-11-23(12-10-22)29(39)36-19-21(3)31(41)42)38-30(40)28(24-16-25(34)18-26(35)17-24)37-33(38,7)14-8-13-32(4,5)6/h9-12,16-18,20-21,27H,8,13-15,19H2,1-7H3,(H,36,39)(H,41,42). The van der Waals surface area contributed by atoms with E-state index in [1.807, 2.05) is 24.0 Å². The molecule has 1 aliphatic heterocycles. The Bertz CT molecular complexity index is 1310. The number of hydrogen-bond acceptors (Lipinski definition) is 4. The first kappa shape index (κ1) is 33.6. The first-order valence-corrected chi connectivity index (χ1v) is 15.3. The lowest BCUT2D eigenvalue weighted by Gasteiger charge is -2.40. The summed E-state index contributed by atoms with van der Waals surface area (Å²) in [7, 11) is 0. The Morgan fingerprint density at radius 1 is 1.05 bits per heavy atom. The minimum atomic E-state index is -0.968. The number of benzene rings is 2. The third-order valence-electron chi connectivity index (χ3n) is 7.56. The third kappa shape index (κ3) is 8.57. The molecular formula is C33H43Cl2N3O4. The molecule has 3 atom stereocenters. The molecule has 0 saturated heterocycles. The highest BCUT2D eigenvalue weighted by Gasteiger charge is 2.47. The summed E-state index contributed by atoms with van der Waals surface area (Å²) in [5.74, 6) is -1.91. The van der Waals surface area contributed by atoms with E-state index in [4.69, 9.17) is 33.3 Å². The van der Waals surface area contributed by atoms with E-state index in [9.17, 15) is 14.4 Å². The van der Waals surface area contributed by atoms with E-state index in [0.29, 0.717) is 39.7 Å². The van der Waals surface area contributed by atoms with Gasteiger partial charge in [-0.25, -0.2) is 0 Å². The number of aliphatic carboxylic acids is 1. The van der Waals surface area contributed by atoms with Gasteiger partial charge in [-0.2, -0.15) is 0 Å². The minimum absolute atomic E-state index is 0.0364. The van der Waals surface area contributed by atoms with Crippen molar-refractivity contribution >= 4 is 46.7 Å². The molecule has 228 valence electrons. The number of carboxylic acids is 1. The van der Waals surface area contributed by atoms with Crippen LogP contribution >= 0.6 is 23.2 Å². The van der Waals surface area contributed by atoms with Crippen LogP contribution in [0.2, 0.25) is 10.0 Å². The summed E-state index contributed by atoms with van der Waals surface area (Å²) in [6.45, 7) is 14.5. The second kappa shape index (κ2) is 13.6. The Labute approximate surface area is 259 Å². The van der Waals surface area contributed by atoms with E-state index >= 15 is 0 Å². The van der Waals surface area contributed by atoms with Crippen LogP contribution in [0.1, 0.15) is 102 Å². The fraction of sp³-hybridized carbons (Fsp3) is 0.515. The van der Waals surface area contributed by atoms with E-state index in [1.165, 1.54) is 0 Å². The lowest BCUT2D eigenvalue weighted by molar-refractivity contribution is -0.140. The summed E-state index contributed by atoms with van der Waals surface area (Å²) in [4.78, 5) is 45.1. The average molecular weight is 617 g/mol. The van der Waals surface area contributed by atoms with Crippen LogP contribution in [0.4, 0.5) is 0 Å². The smallest absolute Gasteiger partial charge is 0.308 e. The molecule has 42 heavy (non-hydrogen) atoms. The lowest BCUT2D eigenvalue weighted by Crippen LogP contribution is -2.47. The summed E-state index contributed by atoms with van der Waals surface area (Å²) in [5, 5.41) is 12.7. The van der Waals surface area contributed by atoms with Crippen molar-refractivity contribution in [3.8, 4) is 0 Å². The van der Waals surface area contributed by atoms with Crippen LogP contribution in [0, 0.1) is 17.3 Å². The van der Waals surface area contributed by atoms with Crippen molar-refractivity contribution in [1.29, 1.82) is 0 Å². The molecule has 0 spiro atoms. The number of amides is 2. The van der Waals surface area contributed by atoms with Gasteiger partial charge in [0.15, 0.2) is 0 Å². The van der Waals surface area contributed by atoms with Crippen molar-refractivity contribution < 1.29 is 19.5 Å². The molecule has 9 heteroatoms. The normalized spacial score (nSPS) is 18.7. The molecule has 3 rings (SSSR count). The predicted octanol–water partition coefficient (Wildman–Crippen LogP) is 7.80. The van der Waals surface area contributed by atoms with Gasteiger partial charge in [0.05, 0.1) is 12.0 Å². The molecule has 0 radical (unpaired) electrons. The zero-order valence-electron chi connectivity index (χ0n) is 25.6. The zero-order valence-corrected chi connectivity index (χ0v) is 27.1. The fourth-order valence-corrected chi connectivity index (χ4v) is 5.82. The Hall–Kier alpha value is -2.90. The van der Waals surface area contributed by atoms with Crippen LogP contribution in [0.5, 0.6) is 0 Å². The molecule has 3 unspecified atom stereocenters. The number of carbonyl (C=O) groups is 3. The van der Waals surface area contributed by atoms with Gasteiger partial charge in [0, 0.05) is 27.7 Å². The lowest BCUT2D eigenvalue weighted by atomic mass is 9.87. The molecular weight excluding hydrogens is 573 g/mol. The van der Waals surface area contributed by atoms with Crippen LogP contribution in [0.15, 0.2) is 47.5 Å². The molecule has 0 fully saturated rings. The first-order chi connectivity index (χ1) is 19.5. The van der Waals surface area contributed by atoms with Crippen molar-refractivity contribution in [3.05, 3.63) is 69.2 Å². The number of rotatable bonds is 12. The number of aliphatic imine (C=N–C) groups is 1. The van der Waals surface area contributed by atoms with Gasteiger partial charge in [0.2, 0.25) is 0 Å². The van der Waals surface area contributed by atoms with Gasteiger partial charge in [-0.15, -0.1) is 0 Å². The minimum Gasteiger partial charge on any atom is -0.481 e. The van der Waals surface area contributed by atoms with E-state index in [1.54, 1.807) is 37.3 Å². The zero-order chi connectivity index (χ0) is 31.4. The number of halogens is 2. The van der Waals surface area contributed by atoms with Gasteiger partial charge in [-0.05, 0) is 79.8 Å². The monoisotopic (exact) mass is 615 g/mol. The molecule has 2 aromatic carbocycles. The van der Waals surface area contributed by atoms with E-state index in [-0.39, 0.29) is 35.7 Å². The van der Waals surface area contributed by atoms with Crippen molar-refractivity contribution in [1.82, 2.24) is 10.2 Å². The molecule has 0 aliphatic carbocycles. The molecule has 1 heterocycles. The number of hydrogen-bond donors (Lipinski definition) is 2. The average Bonchev–Trinajstić information content (AvgIpc) is 3.14. The maximum atomic E-state index is 14.3. The maximum Gasteiger partial charge on any atom is 0.308 e. The molecule has 7 nitrogen and oxygen atoms in total. The molecule has 2 aromatic rings. The predicted molar refractivity (Wildman–Crippen MR) is 169 cm³/mol. The van der Waals surface area contributed by atoms with Gasteiger partial charge >= 0.3 is 5.97 Å². The quantitative estimate of drug-likeness (QED) is 0.254. The molecule has 0 bridgehead atoms. The van der Waals surface area contributed by atoms with Crippen molar-refractivity contribution in [3.63, 3.8) is 0 Å². The number of nitrogens with one attached hydrogen (secondary N) is 1. The molecule has 0 aromatic heterocycles. The van der Waals surface area contributed by atoms with Gasteiger partial charge in [0.1, 0.15) is 11.4 Å². The van der Waals surface area contributed by atoms with Gasteiger partial charge < -0.3 is 15.3 Å². The topological polar surface area (TPSA) is 99.1 Å². The summed E-state index contributed by atoms with van der Waals surface area (Å²) < 4.78 is 0. The Morgan fingerprint density at radius 2 is 1.64 bits per heavy atom. The van der Waals surface area contributed by atoms with Gasteiger partial charge in [-0.1, -0.05) is 76.9 Å². The van der Waals surface area contributed by atoms with Gasteiger partial charge in [-0.3, -0.25) is 19.4 Å². The van der Waals surface area contributed by atoms with Crippen molar-refractivity contribution in [2.75, 3.05) is 6.54 Å². The van der Waals surface area contributed by atoms with Gasteiger partial charge in [0.25, 0.3) is 11.8 Å². The SMILES string of the molecule is CC(C)CC(c1ccc(C(=O)NCC(C)C(=O)O)cc1)N1C(=O)C(c2cc(Cl)cc(Cl)c2)=NC1(C)CCCC(C)(C)C. The summed E-state index contributed by atoms with van der Waals surface area (Å²) in [6, 6.07) is 12.0. The molecule has 1 aliphatic rings. The van der Waals surface area contributed by atoms with Crippen LogP contribution in [0.3, 0.4) is 0 Å². The number of carboxylic acid groups (broad SMARTS) is 1. The number of nitrogens with zero attached hydrogens (tertiary/aromatic N) is 2. The largest absolute Gasteiger partial charge is 0.481 e. The highest BCUT2D eigenvalue weighted by atomic mass is 35.5. The second-order valence-corrected chi connectivity index (χ2v) is 14.0. The summed E-state index contributed by atoms with van der Waals surface area (Å²) in [5.41, 5.74) is 1.60. The van der Waals surface area contributed by atoms with Crippen LogP contribution in [-0.2, 0) is 9.59 Å². The van der Waals surface area contributed by atoms with Crippen LogP contribution < -0.4 is 5.32 Å². The van der Waals surface area contributed by atoms with Crippen molar-refractivity contribution in [2.45, 2.75) is 85.9 Å². The molecule has 0 saturated carbocycles. The van der Waals surface area contributed by atoms with Crippen LogP contribution in [0.25, 0.3) is 0 Å². The third-order valence-corrected chi connectivity index (χ3v) is 8.00. The highest BCUT2D eigenvalue weighted by Crippen LogP contribution is 2.42. The molecule has 2 N–H and O–H groups in total. The Morgan fingerprint density at radius 3 is 2.17 bits per heavy atom. The Balaban J connectivity index is 2.00. The van der Waals surface area contributed by atoms with Crippen LogP contribution in [-0.4, -0.2) is 45.7 Å². The summed E-state index contributed by atoms with van der Waals surface area (Å²) in [6.07, 6.45) is 3.25. The van der Waals surface area contributed by atoms with Crippen molar-refractivity contribution in [2.24, 2.45) is 22.2 Å². The highest BCUT2D eigenvalue weighted by molar-refractivity contribution is 6.47. The van der Waals surface area contributed by atoms with E-state index < -0.39 is 17.6 Å². The Kier molecular flexibility index (Phi) is 10.9. The molecule has 2 amide bonds. The van der Waals surface area contributed by atoms with E-state index in [0.717, 1.165) is 18.4 Å². The fourth-order valence-electron chi connectivity index (χ4n) is 5.29. The summed E-state index contributed by atoms with van der Waals surface area (Å²) >= 11 is 12.6. The maximum absolute atomic E-state index is 14.3. The number of carbonyl (C=O) groups excluding carboxylic acids is 2. The second-order valence-electron chi connectivity index (χ2n) is 13.1. The van der Waals surface area contributed by atoms with E-state index in [2.05, 4.69) is 39.9 Å². The first-order valence-electron chi connectivity index (χ1n) is 14.5.